The molecule has 2 aliphatic heterocycles. The van der Waals surface area contributed by atoms with Crippen molar-refractivity contribution >= 4 is 15.8 Å². The molecular weight excluding hydrogens is 374 g/mol. The molecule has 154 valence electrons. The number of benzene rings is 1. The summed E-state index contributed by atoms with van der Waals surface area (Å²) in [7, 11) is -1.21. The maximum absolute atomic E-state index is 12.6. The van der Waals surface area contributed by atoms with Gasteiger partial charge in [-0.3, -0.25) is 4.68 Å². The van der Waals surface area contributed by atoms with E-state index in [9.17, 15) is 8.42 Å². The van der Waals surface area contributed by atoms with Gasteiger partial charge in [-0.15, -0.1) is 0 Å². The number of piperazine rings is 1. The minimum Gasteiger partial charge on any atom is -0.353 e. The molecule has 3 heterocycles. The summed E-state index contributed by atoms with van der Waals surface area (Å²) in [6.45, 7) is 8.47. The molecule has 0 N–H and O–H groups in total. The smallest absolute Gasteiger partial charge is 0.219 e. The number of sulfonamides is 1. The Morgan fingerprint density at radius 1 is 1.00 bits per heavy atom. The fraction of sp³-hybridized carbons (Fsp3) is 0.550. The highest BCUT2D eigenvalue weighted by Crippen LogP contribution is 2.21. The third-order valence-corrected chi connectivity index (χ3v) is 7.41. The molecule has 0 aliphatic carbocycles. The van der Waals surface area contributed by atoms with Crippen molar-refractivity contribution in [3.63, 3.8) is 0 Å². The lowest BCUT2D eigenvalue weighted by molar-refractivity contribution is 0.223. The lowest BCUT2D eigenvalue weighted by atomic mass is 10.2. The van der Waals surface area contributed by atoms with E-state index < -0.39 is 10.0 Å². The van der Waals surface area contributed by atoms with Gasteiger partial charge in [0.15, 0.2) is 5.82 Å². The predicted molar refractivity (Wildman–Crippen MR) is 113 cm³/mol. The van der Waals surface area contributed by atoms with E-state index >= 15 is 0 Å². The second-order valence-corrected chi connectivity index (χ2v) is 9.34. The summed E-state index contributed by atoms with van der Waals surface area (Å²) < 4.78 is 28.8. The first-order valence-corrected chi connectivity index (χ1v) is 11.5. The second-order valence-electron chi connectivity index (χ2n) is 7.13. The Morgan fingerprint density at radius 3 is 2.25 bits per heavy atom. The van der Waals surface area contributed by atoms with Gasteiger partial charge >= 0.3 is 0 Å². The zero-order valence-corrected chi connectivity index (χ0v) is 17.8. The minimum absolute atomic E-state index is 0.232. The number of aromatic nitrogens is 2. The summed E-state index contributed by atoms with van der Waals surface area (Å²) in [5.41, 5.74) is 1.21. The largest absolute Gasteiger partial charge is 0.353 e. The van der Waals surface area contributed by atoms with Gasteiger partial charge in [0, 0.05) is 51.5 Å². The number of nitrogens with zero attached hydrogens (tertiary/aromatic N) is 5. The van der Waals surface area contributed by atoms with Gasteiger partial charge < -0.3 is 9.80 Å². The molecule has 4 rings (SSSR count). The Morgan fingerprint density at radius 2 is 1.64 bits per heavy atom. The van der Waals surface area contributed by atoms with Crippen LogP contribution < -0.4 is 4.90 Å². The number of anilines is 1. The zero-order valence-electron chi connectivity index (χ0n) is 17.0. The lowest BCUT2D eigenvalue weighted by Crippen LogP contribution is -2.59. The van der Waals surface area contributed by atoms with E-state index in [-0.39, 0.29) is 5.25 Å². The summed E-state index contributed by atoms with van der Waals surface area (Å²) in [6, 6.07) is 12.2. The average Bonchev–Trinajstić information content (AvgIpc) is 3.16. The van der Waals surface area contributed by atoms with Crippen LogP contribution in [0.2, 0.25) is 0 Å². The van der Waals surface area contributed by atoms with Crippen LogP contribution in [0.5, 0.6) is 0 Å². The van der Waals surface area contributed by atoms with Gasteiger partial charge in [0.25, 0.3) is 0 Å². The Kier molecular flexibility index (Phi) is 6.74. The minimum atomic E-state index is -3.16. The predicted octanol–water partition coefficient (Wildman–Crippen LogP) is 1.72. The standard InChI is InChI=1S/C18H25N5O2S.C2H6/c1-20-14-17(15-20)26(24,25)23-11-9-21(10-12-23)18-7-8-22(19-18)13-16-5-3-2-4-6-16;1-2/h2-8,17H,9-15H2,1H3;1-2H3. The first-order valence-electron chi connectivity index (χ1n) is 10.0. The third kappa shape index (κ3) is 4.56. The number of hydrogen-bond acceptors (Lipinski definition) is 5. The highest BCUT2D eigenvalue weighted by molar-refractivity contribution is 7.89. The van der Waals surface area contributed by atoms with Crippen molar-refractivity contribution in [1.82, 2.24) is 19.0 Å². The van der Waals surface area contributed by atoms with Crippen LogP contribution in [0.1, 0.15) is 19.4 Å². The van der Waals surface area contributed by atoms with Crippen molar-refractivity contribution in [2.75, 3.05) is 51.2 Å². The molecule has 8 heteroatoms. The van der Waals surface area contributed by atoms with E-state index in [0.29, 0.717) is 39.3 Å². The van der Waals surface area contributed by atoms with Crippen LogP contribution in [0.4, 0.5) is 5.82 Å². The van der Waals surface area contributed by atoms with E-state index in [1.807, 2.05) is 60.9 Å². The van der Waals surface area contributed by atoms with Gasteiger partial charge in [-0.25, -0.2) is 8.42 Å². The molecule has 1 aromatic carbocycles. The van der Waals surface area contributed by atoms with E-state index in [1.54, 1.807) is 4.31 Å². The molecule has 2 saturated heterocycles. The summed E-state index contributed by atoms with van der Waals surface area (Å²) in [5.74, 6) is 0.918. The number of rotatable bonds is 5. The van der Waals surface area contributed by atoms with Crippen molar-refractivity contribution in [1.29, 1.82) is 0 Å². The molecule has 28 heavy (non-hydrogen) atoms. The van der Waals surface area contributed by atoms with Crippen molar-refractivity contribution in [2.24, 2.45) is 0 Å². The highest BCUT2D eigenvalue weighted by Gasteiger charge is 2.40. The quantitative estimate of drug-likeness (QED) is 0.758. The van der Waals surface area contributed by atoms with Crippen LogP contribution in [-0.4, -0.2) is 79.0 Å². The average molecular weight is 406 g/mol. The topological polar surface area (TPSA) is 61.7 Å². The molecule has 0 radical (unpaired) electrons. The monoisotopic (exact) mass is 405 g/mol. The Hall–Kier alpha value is -1.90. The van der Waals surface area contributed by atoms with Gasteiger partial charge in [0.1, 0.15) is 5.25 Å². The summed E-state index contributed by atoms with van der Waals surface area (Å²) in [4.78, 5) is 4.21. The summed E-state index contributed by atoms with van der Waals surface area (Å²) >= 11 is 0. The maximum atomic E-state index is 12.6. The van der Waals surface area contributed by atoms with Crippen LogP contribution in [0.3, 0.4) is 0 Å². The Bertz CT molecular complexity index is 838. The van der Waals surface area contributed by atoms with Gasteiger partial charge in [-0.2, -0.15) is 9.40 Å². The van der Waals surface area contributed by atoms with E-state index in [2.05, 4.69) is 22.1 Å². The van der Waals surface area contributed by atoms with Crippen molar-refractivity contribution in [3.05, 3.63) is 48.2 Å². The van der Waals surface area contributed by atoms with Crippen molar-refractivity contribution < 1.29 is 8.42 Å². The second kappa shape index (κ2) is 9.07. The summed E-state index contributed by atoms with van der Waals surface area (Å²) in [5, 5.41) is 4.42. The molecular formula is C20H31N5O2S. The molecule has 7 nitrogen and oxygen atoms in total. The normalized spacial score (nSPS) is 19.0. The van der Waals surface area contributed by atoms with Gasteiger partial charge in [0.05, 0.1) is 6.54 Å². The van der Waals surface area contributed by atoms with E-state index in [4.69, 9.17) is 0 Å². The van der Waals surface area contributed by atoms with Crippen LogP contribution >= 0.6 is 0 Å². The molecule has 1 aromatic heterocycles. The lowest BCUT2D eigenvalue weighted by Gasteiger charge is -2.41. The number of hydrogen-bond donors (Lipinski definition) is 0. The fourth-order valence-electron chi connectivity index (χ4n) is 3.59. The Labute approximate surface area is 168 Å². The molecule has 0 atom stereocenters. The van der Waals surface area contributed by atoms with Crippen LogP contribution in [-0.2, 0) is 16.6 Å². The summed E-state index contributed by atoms with van der Waals surface area (Å²) in [6.07, 6.45) is 1.98. The molecule has 2 fully saturated rings. The Balaban J connectivity index is 0.00000109. The maximum Gasteiger partial charge on any atom is 0.219 e. The first kappa shape index (κ1) is 20.8. The van der Waals surface area contributed by atoms with Gasteiger partial charge in [-0.05, 0) is 12.6 Å². The van der Waals surface area contributed by atoms with E-state index in [0.717, 1.165) is 12.4 Å². The third-order valence-electron chi connectivity index (χ3n) is 5.19. The van der Waals surface area contributed by atoms with Gasteiger partial charge in [0.2, 0.25) is 10.0 Å². The first-order chi connectivity index (χ1) is 13.5. The van der Waals surface area contributed by atoms with Crippen LogP contribution in [0.25, 0.3) is 0 Å². The fourth-order valence-corrected chi connectivity index (χ4v) is 5.57. The molecule has 0 spiro atoms. The molecule has 0 saturated carbocycles. The van der Waals surface area contributed by atoms with Crippen LogP contribution in [0.15, 0.2) is 42.6 Å². The van der Waals surface area contributed by atoms with E-state index in [1.165, 1.54) is 5.56 Å². The molecule has 2 aliphatic rings. The van der Waals surface area contributed by atoms with Crippen molar-refractivity contribution in [2.45, 2.75) is 25.6 Å². The highest BCUT2D eigenvalue weighted by atomic mass is 32.2. The molecule has 0 amide bonds. The van der Waals surface area contributed by atoms with Crippen molar-refractivity contribution in [3.8, 4) is 0 Å². The zero-order chi connectivity index (χ0) is 20.1. The van der Waals surface area contributed by atoms with Crippen LogP contribution in [0, 0.1) is 0 Å². The SMILES string of the molecule is CC.CN1CC(S(=O)(=O)N2CCN(c3ccn(Cc4ccccc4)n3)CC2)C1. The molecule has 0 unspecified atom stereocenters. The molecule has 2 aromatic rings. The number of likely N-dealkylation sites (tertiary alicyclic amines) is 1. The van der Waals surface area contributed by atoms with Gasteiger partial charge in [-0.1, -0.05) is 44.2 Å². The molecule has 0 bridgehead atoms.